The summed E-state index contributed by atoms with van der Waals surface area (Å²) >= 11 is 0. The van der Waals surface area contributed by atoms with Crippen LogP contribution in [-0.2, 0) is 19.9 Å². The number of ether oxygens (including phenoxy) is 2. The van der Waals surface area contributed by atoms with Gasteiger partial charge in [-0.05, 0) is 6.07 Å². The van der Waals surface area contributed by atoms with E-state index in [4.69, 9.17) is 14.6 Å². The zero-order chi connectivity index (χ0) is 21.1. The molecule has 0 aromatic carbocycles. The van der Waals surface area contributed by atoms with Crippen molar-refractivity contribution in [3.63, 3.8) is 0 Å². The molecule has 0 saturated carbocycles. The summed E-state index contributed by atoms with van der Waals surface area (Å²) in [5.74, 6) is -1.58. The number of rotatable bonds is 7. The molecule has 0 bridgehead atoms. The molecule has 0 radical (unpaired) electrons. The Morgan fingerprint density at radius 1 is 1.14 bits per heavy atom. The number of carbonyl (C=O) groups is 1. The summed E-state index contributed by atoms with van der Waals surface area (Å²) in [7, 11) is -6.03. The molecule has 0 spiro atoms. The van der Waals surface area contributed by atoms with Crippen LogP contribution in [0.25, 0.3) is 0 Å². The lowest BCUT2D eigenvalue weighted by Crippen LogP contribution is -2.24. The van der Waals surface area contributed by atoms with Crippen LogP contribution in [0.2, 0.25) is 0 Å². The van der Waals surface area contributed by atoms with Crippen LogP contribution in [0.3, 0.4) is 0 Å². The number of carbonyl (C=O) groups excluding carboxylic acids is 1. The number of methoxy groups -OCH3 is 2. The monoisotopic (exact) mass is 431 g/mol. The molecule has 0 aliphatic carbocycles. The van der Waals surface area contributed by atoms with E-state index in [2.05, 4.69) is 20.3 Å². The second kappa shape index (κ2) is 8.04. The van der Waals surface area contributed by atoms with Gasteiger partial charge in [-0.2, -0.15) is 9.97 Å². The van der Waals surface area contributed by atoms with Crippen molar-refractivity contribution >= 4 is 31.7 Å². The average Bonchev–Trinajstić information content (AvgIpc) is 2.66. The Kier molecular flexibility index (Phi) is 6.16. The van der Waals surface area contributed by atoms with Crippen LogP contribution in [-0.4, -0.2) is 57.7 Å². The molecule has 0 aliphatic rings. The second-order valence-corrected chi connectivity index (χ2v) is 8.86. The molecule has 2 aromatic rings. The van der Waals surface area contributed by atoms with Crippen LogP contribution >= 0.6 is 0 Å². The molecule has 1 amide bonds. The van der Waals surface area contributed by atoms with Gasteiger partial charge in [0.1, 0.15) is 4.90 Å². The number of amides is 1. The normalized spacial score (nSPS) is 11.7. The SMILES string of the molecule is CCS(=O)(=O)c1c(C(=O)Nc2nc(OC)cc(OC)n2)ccnc1S(N)(=O)=O. The van der Waals surface area contributed by atoms with Crippen LogP contribution in [0.1, 0.15) is 17.3 Å². The molecule has 2 rings (SSSR count). The highest BCUT2D eigenvalue weighted by molar-refractivity contribution is 7.93. The third-order valence-electron chi connectivity index (χ3n) is 3.40. The van der Waals surface area contributed by atoms with Crippen LogP contribution in [0, 0.1) is 0 Å². The van der Waals surface area contributed by atoms with Crippen molar-refractivity contribution in [1.29, 1.82) is 0 Å². The Hall–Kier alpha value is -2.84. The molecular weight excluding hydrogens is 414 g/mol. The summed E-state index contributed by atoms with van der Waals surface area (Å²) in [6, 6.07) is 2.40. The van der Waals surface area contributed by atoms with Crippen LogP contribution in [0.15, 0.2) is 28.3 Å². The van der Waals surface area contributed by atoms with Gasteiger partial charge in [0.25, 0.3) is 15.9 Å². The number of nitrogens with zero attached hydrogens (tertiary/aromatic N) is 3. The fourth-order valence-electron chi connectivity index (χ4n) is 2.09. The van der Waals surface area contributed by atoms with E-state index < -0.39 is 47.0 Å². The fraction of sp³-hybridized carbons (Fsp3) is 0.286. The van der Waals surface area contributed by atoms with E-state index in [9.17, 15) is 21.6 Å². The predicted molar refractivity (Wildman–Crippen MR) is 96.4 cm³/mol. The van der Waals surface area contributed by atoms with Gasteiger partial charge < -0.3 is 9.47 Å². The predicted octanol–water partition coefficient (Wildman–Crippen LogP) is -0.418. The molecule has 0 aliphatic heterocycles. The van der Waals surface area contributed by atoms with E-state index >= 15 is 0 Å². The Labute approximate surface area is 161 Å². The highest BCUT2D eigenvalue weighted by Crippen LogP contribution is 2.25. The minimum absolute atomic E-state index is 0.0727. The second-order valence-electron chi connectivity index (χ2n) is 5.17. The number of pyridine rings is 1. The van der Waals surface area contributed by atoms with Crippen molar-refractivity contribution in [3.8, 4) is 11.8 Å². The number of sulfonamides is 1. The van der Waals surface area contributed by atoms with E-state index in [-0.39, 0.29) is 17.7 Å². The molecule has 3 N–H and O–H groups in total. The van der Waals surface area contributed by atoms with Gasteiger partial charge in [0, 0.05) is 6.20 Å². The van der Waals surface area contributed by atoms with Gasteiger partial charge >= 0.3 is 0 Å². The lowest BCUT2D eigenvalue weighted by atomic mass is 10.2. The molecule has 28 heavy (non-hydrogen) atoms. The Morgan fingerprint density at radius 2 is 1.71 bits per heavy atom. The third kappa shape index (κ3) is 4.52. The Bertz CT molecular complexity index is 1090. The first-order valence-electron chi connectivity index (χ1n) is 7.56. The average molecular weight is 431 g/mol. The van der Waals surface area contributed by atoms with E-state index in [1.807, 2.05) is 0 Å². The molecule has 0 unspecified atom stereocenters. The highest BCUT2D eigenvalue weighted by Gasteiger charge is 2.31. The zero-order valence-electron chi connectivity index (χ0n) is 15.0. The van der Waals surface area contributed by atoms with Crippen LogP contribution in [0.4, 0.5) is 5.95 Å². The van der Waals surface area contributed by atoms with E-state index in [1.54, 1.807) is 0 Å². The molecule has 0 atom stereocenters. The summed E-state index contributed by atoms with van der Waals surface area (Å²) in [4.78, 5) is 23.2. The first-order chi connectivity index (χ1) is 13.0. The Balaban J connectivity index is 2.61. The molecule has 2 heterocycles. The molecular formula is C14H17N5O7S2. The Morgan fingerprint density at radius 3 is 2.18 bits per heavy atom. The van der Waals surface area contributed by atoms with Crippen molar-refractivity contribution in [2.24, 2.45) is 5.14 Å². The lowest BCUT2D eigenvalue weighted by Gasteiger charge is -2.12. The number of nitrogens with two attached hydrogens (primary N) is 1. The van der Waals surface area contributed by atoms with Gasteiger partial charge in [-0.25, -0.2) is 27.0 Å². The summed E-state index contributed by atoms with van der Waals surface area (Å²) in [6.45, 7) is 1.28. The molecule has 12 nitrogen and oxygen atoms in total. The van der Waals surface area contributed by atoms with Crippen molar-refractivity contribution in [2.75, 3.05) is 25.3 Å². The van der Waals surface area contributed by atoms with E-state index in [0.717, 1.165) is 12.3 Å². The van der Waals surface area contributed by atoms with Crippen LogP contribution in [0.5, 0.6) is 11.8 Å². The number of sulfone groups is 1. The van der Waals surface area contributed by atoms with Gasteiger partial charge in [0.15, 0.2) is 14.9 Å². The van der Waals surface area contributed by atoms with Crippen molar-refractivity contribution < 1.29 is 31.1 Å². The lowest BCUT2D eigenvalue weighted by molar-refractivity contribution is 0.102. The molecule has 2 aromatic heterocycles. The fourth-order valence-corrected chi connectivity index (χ4v) is 4.50. The first-order valence-corrected chi connectivity index (χ1v) is 10.8. The van der Waals surface area contributed by atoms with E-state index in [0.29, 0.717) is 0 Å². The number of hydrogen-bond donors (Lipinski definition) is 2. The van der Waals surface area contributed by atoms with E-state index in [1.165, 1.54) is 27.2 Å². The minimum Gasteiger partial charge on any atom is -0.481 e. The standard InChI is InChI=1S/C14H17N5O7S2/c1-4-27(21,22)11-8(5-6-16-13(11)28(15,23)24)12(20)19-14-17-9(25-2)7-10(18-14)26-3/h5-7H,4H2,1-3H3,(H2,15,23,24)(H,17,18,19,20). The van der Waals surface area contributed by atoms with Crippen LogP contribution < -0.4 is 19.9 Å². The number of hydrogen-bond acceptors (Lipinski definition) is 10. The minimum atomic E-state index is -4.52. The summed E-state index contributed by atoms with van der Waals surface area (Å²) in [6.07, 6.45) is 0.955. The summed E-state index contributed by atoms with van der Waals surface area (Å²) in [5.41, 5.74) is -0.480. The number of nitrogens with one attached hydrogen (secondary N) is 1. The number of anilines is 1. The maximum atomic E-state index is 12.7. The topological polar surface area (TPSA) is 181 Å². The highest BCUT2D eigenvalue weighted by atomic mass is 32.2. The molecule has 0 saturated heterocycles. The third-order valence-corrected chi connectivity index (χ3v) is 6.17. The first kappa shape index (κ1) is 21.5. The summed E-state index contributed by atoms with van der Waals surface area (Å²) < 4.78 is 58.3. The van der Waals surface area contributed by atoms with Crippen molar-refractivity contribution in [3.05, 3.63) is 23.9 Å². The zero-order valence-corrected chi connectivity index (χ0v) is 16.7. The quantitative estimate of drug-likeness (QED) is 0.584. The molecule has 152 valence electrons. The maximum Gasteiger partial charge on any atom is 0.259 e. The maximum absolute atomic E-state index is 12.7. The molecule has 0 fully saturated rings. The molecule has 14 heteroatoms. The summed E-state index contributed by atoms with van der Waals surface area (Å²) in [5, 5.41) is 6.41. The van der Waals surface area contributed by atoms with Crippen molar-refractivity contribution in [1.82, 2.24) is 15.0 Å². The number of aromatic nitrogens is 3. The number of primary sulfonamides is 1. The largest absolute Gasteiger partial charge is 0.481 e. The van der Waals surface area contributed by atoms with Gasteiger partial charge in [-0.15, -0.1) is 0 Å². The smallest absolute Gasteiger partial charge is 0.259 e. The van der Waals surface area contributed by atoms with Crippen molar-refractivity contribution in [2.45, 2.75) is 16.8 Å². The van der Waals surface area contributed by atoms with Gasteiger partial charge in [0.2, 0.25) is 17.7 Å². The van der Waals surface area contributed by atoms with Gasteiger partial charge in [-0.1, -0.05) is 6.92 Å². The van der Waals surface area contributed by atoms with Gasteiger partial charge in [0.05, 0.1) is 31.6 Å². The van der Waals surface area contributed by atoms with Gasteiger partial charge in [-0.3, -0.25) is 10.1 Å².